The fourth-order valence-electron chi connectivity index (χ4n) is 1.81. The monoisotopic (exact) mass is 285 g/mol. The zero-order valence-electron chi connectivity index (χ0n) is 12.2. The van der Waals surface area contributed by atoms with E-state index in [9.17, 15) is 4.79 Å². The van der Waals surface area contributed by atoms with E-state index < -0.39 is 0 Å². The molecule has 0 fully saturated rings. The van der Waals surface area contributed by atoms with Gasteiger partial charge >= 0.3 is 0 Å². The molecule has 1 aromatic heterocycles. The predicted molar refractivity (Wildman–Crippen MR) is 79.8 cm³/mol. The molecule has 0 atom stereocenters. The fraction of sp³-hybridized carbons (Fsp3) is 0.294. The fourth-order valence-corrected chi connectivity index (χ4v) is 1.81. The highest BCUT2D eigenvalue weighted by atomic mass is 16.5. The molecule has 1 heterocycles. The van der Waals surface area contributed by atoms with Crippen molar-refractivity contribution in [3.8, 4) is 0 Å². The quantitative estimate of drug-likeness (QED) is 0.544. The minimum atomic E-state index is -0.0314. The summed E-state index contributed by atoms with van der Waals surface area (Å²) in [6, 6.07) is 11.5. The molecule has 4 heteroatoms. The summed E-state index contributed by atoms with van der Waals surface area (Å²) < 4.78 is 10.7. The van der Waals surface area contributed by atoms with Gasteiger partial charge < -0.3 is 9.26 Å². The lowest BCUT2D eigenvalue weighted by atomic mass is 10.1. The van der Waals surface area contributed by atoms with Crippen molar-refractivity contribution in [3.63, 3.8) is 0 Å². The van der Waals surface area contributed by atoms with Gasteiger partial charge in [-0.2, -0.15) is 0 Å². The van der Waals surface area contributed by atoms with Crippen molar-refractivity contribution in [2.45, 2.75) is 33.0 Å². The van der Waals surface area contributed by atoms with Crippen molar-refractivity contribution in [1.29, 1.82) is 0 Å². The van der Waals surface area contributed by atoms with E-state index in [2.05, 4.69) is 11.7 Å². The summed E-state index contributed by atoms with van der Waals surface area (Å²) in [7, 11) is 0. The maximum absolute atomic E-state index is 11.9. The van der Waals surface area contributed by atoms with Crippen LogP contribution < -0.4 is 0 Å². The summed E-state index contributed by atoms with van der Waals surface area (Å²) in [5, 5.41) is 3.79. The maximum atomic E-state index is 11.9. The van der Waals surface area contributed by atoms with Gasteiger partial charge in [0.25, 0.3) is 0 Å². The molecular weight excluding hydrogens is 266 g/mol. The molecule has 4 nitrogen and oxygen atoms in total. The standard InChI is InChI=1S/C17H19NO3/c1-13(2)8-9-17(19)16-10-15(21-18-16)12-20-11-14-6-4-3-5-7-14/h3-7,10H,1,8-9,11-12H2,2H3. The summed E-state index contributed by atoms with van der Waals surface area (Å²) in [6.07, 6.45) is 1.08. The normalized spacial score (nSPS) is 10.5. The van der Waals surface area contributed by atoms with Crippen LogP contribution in [0.2, 0.25) is 0 Å². The van der Waals surface area contributed by atoms with Crippen molar-refractivity contribution in [2.24, 2.45) is 0 Å². The van der Waals surface area contributed by atoms with Crippen LogP contribution in [0.15, 0.2) is 53.1 Å². The third-order valence-electron chi connectivity index (χ3n) is 2.98. The number of ketones is 1. The van der Waals surface area contributed by atoms with E-state index in [1.54, 1.807) is 6.07 Å². The number of allylic oxidation sites excluding steroid dienone is 1. The summed E-state index contributed by atoms with van der Waals surface area (Å²) in [5.74, 6) is 0.528. The van der Waals surface area contributed by atoms with Crippen LogP contribution in [0.3, 0.4) is 0 Å². The third-order valence-corrected chi connectivity index (χ3v) is 2.98. The molecule has 0 N–H and O–H groups in total. The summed E-state index contributed by atoms with van der Waals surface area (Å²) >= 11 is 0. The smallest absolute Gasteiger partial charge is 0.185 e. The van der Waals surface area contributed by atoms with Gasteiger partial charge in [-0.15, -0.1) is 6.58 Å². The van der Waals surface area contributed by atoms with Crippen molar-refractivity contribution in [2.75, 3.05) is 0 Å². The van der Waals surface area contributed by atoms with Gasteiger partial charge in [0.1, 0.15) is 12.3 Å². The Labute approximate surface area is 124 Å². The molecular formula is C17H19NO3. The Bertz CT molecular complexity index is 602. The van der Waals surface area contributed by atoms with Gasteiger partial charge in [0.2, 0.25) is 0 Å². The lowest BCUT2D eigenvalue weighted by Gasteiger charge is -2.01. The average Bonchev–Trinajstić information content (AvgIpc) is 2.95. The lowest BCUT2D eigenvalue weighted by molar-refractivity contribution is 0.0879. The number of aromatic nitrogens is 1. The largest absolute Gasteiger partial charge is 0.369 e. The zero-order chi connectivity index (χ0) is 15.1. The van der Waals surface area contributed by atoms with Crippen molar-refractivity contribution in [1.82, 2.24) is 5.16 Å². The van der Waals surface area contributed by atoms with E-state index in [1.807, 2.05) is 37.3 Å². The van der Waals surface area contributed by atoms with E-state index in [1.165, 1.54) is 0 Å². The van der Waals surface area contributed by atoms with E-state index >= 15 is 0 Å². The predicted octanol–water partition coefficient (Wildman–Crippen LogP) is 3.93. The van der Waals surface area contributed by atoms with Crippen LogP contribution in [0.25, 0.3) is 0 Å². The van der Waals surface area contributed by atoms with Gasteiger partial charge in [0, 0.05) is 12.5 Å². The van der Waals surface area contributed by atoms with Crippen LogP contribution in [0.5, 0.6) is 0 Å². The molecule has 0 spiro atoms. The molecule has 0 saturated carbocycles. The number of carbonyl (C=O) groups is 1. The third kappa shape index (κ3) is 5.00. The Kier molecular flexibility index (Phi) is 5.46. The molecule has 0 aliphatic rings. The highest BCUT2D eigenvalue weighted by Gasteiger charge is 2.12. The van der Waals surface area contributed by atoms with Crippen LogP contribution in [-0.4, -0.2) is 10.9 Å². The minimum absolute atomic E-state index is 0.0314. The second kappa shape index (κ2) is 7.55. The molecule has 0 radical (unpaired) electrons. The first kappa shape index (κ1) is 15.2. The first-order valence-corrected chi connectivity index (χ1v) is 6.90. The van der Waals surface area contributed by atoms with Gasteiger partial charge in [-0.1, -0.05) is 41.1 Å². The maximum Gasteiger partial charge on any atom is 0.185 e. The Morgan fingerprint density at radius 3 is 2.71 bits per heavy atom. The number of rotatable bonds is 8. The molecule has 2 aromatic rings. The van der Waals surface area contributed by atoms with Gasteiger partial charge in [-0.3, -0.25) is 4.79 Å². The summed E-state index contributed by atoms with van der Waals surface area (Å²) in [6.45, 7) is 6.48. The second-order valence-corrected chi connectivity index (χ2v) is 5.04. The summed E-state index contributed by atoms with van der Waals surface area (Å²) in [4.78, 5) is 11.9. The molecule has 0 bridgehead atoms. The molecule has 0 aliphatic heterocycles. The van der Waals surface area contributed by atoms with Gasteiger partial charge in [-0.05, 0) is 18.9 Å². The number of Topliss-reactive ketones (excluding diaryl/α,β-unsaturated/α-hetero) is 1. The molecule has 21 heavy (non-hydrogen) atoms. The van der Waals surface area contributed by atoms with Gasteiger partial charge in [0.05, 0.1) is 6.61 Å². The van der Waals surface area contributed by atoms with Crippen molar-refractivity contribution in [3.05, 3.63) is 65.6 Å². The Morgan fingerprint density at radius 1 is 1.24 bits per heavy atom. The van der Waals surface area contributed by atoms with E-state index in [0.29, 0.717) is 37.5 Å². The van der Waals surface area contributed by atoms with Crippen LogP contribution in [-0.2, 0) is 18.0 Å². The van der Waals surface area contributed by atoms with Gasteiger partial charge in [0.15, 0.2) is 11.5 Å². The number of ether oxygens (including phenoxy) is 1. The first-order valence-electron chi connectivity index (χ1n) is 6.90. The zero-order valence-corrected chi connectivity index (χ0v) is 12.2. The number of hydrogen-bond acceptors (Lipinski definition) is 4. The lowest BCUT2D eigenvalue weighted by Crippen LogP contribution is -1.99. The second-order valence-electron chi connectivity index (χ2n) is 5.04. The number of benzene rings is 1. The molecule has 0 saturated heterocycles. The van der Waals surface area contributed by atoms with Crippen LogP contribution in [0.1, 0.15) is 41.6 Å². The van der Waals surface area contributed by atoms with E-state index in [-0.39, 0.29) is 5.78 Å². The highest BCUT2D eigenvalue weighted by molar-refractivity contribution is 5.94. The number of hydrogen-bond donors (Lipinski definition) is 0. The highest BCUT2D eigenvalue weighted by Crippen LogP contribution is 2.11. The summed E-state index contributed by atoms with van der Waals surface area (Å²) in [5.41, 5.74) is 2.43. The van der Waals surface area contributed by atoms with Crippen LogP contribution in [0, 0.1) is 0 Å². The minimum Gasteiger partial charge on any atom is -0.369 e. The van der Waals surface area contributed by atoms with E-state index in [4.69, 9.17) is 9.26 Å². The molecule has 0 aliphatic carbocycles. The molecule has 0 amide bonds. The molecule has 2 rings (SSSR count). The van der Waals surface area contributed by atoms with Crippen molar-refractivity contribution >= 4 is 5.78 Å². The average molecular weight is 285 g/mol. The van der Waals surface area contributed by atoms with E-state index in [0.717, 1.165) is 11.1 Å². The topological polar surface area (TPSA) is 52.3 Å². The van der Waals surface area contributed by atoms with Crippen LogP contribution in [0.4, 0.5) is 0 Å². The Hall–Kier alpha value is -2.20. The first-order chi connectivity index (χ1) is 10.1. The number of nitrogens with zero attached hydrogens (tertiary/aromatic N) is 1. The Balaban J connectivity index is 1.80. The molecule has 0 unspecified atom stereocenters. The molecule has 110 valence electrons. The Morgan fingerprint density at radius 2 is 2.00 bits per heavy atom. The molecule has 1 aromatic carbocycles. The SMILES string of the molecule is C=C(C)CCC(=O)c1cc(COCc2ccccc2)on1. The number of carbonyl (C=O) groups excluding carboxylic acids is 1. The van der Waals surface area contributed by atoms with Crippen molar-refractivity contribution < 1.29 is 14.1 Å². The van der Waals surface area contributed by atoms with Crippen LogP contribution >= 0.6 is 0 Å². The van der Waals surface area contributed by atoms with Gasteiger partial charge in [-0.25, -0.2) is 0 Å².